The Morgan fingerprint density at radius 2 is 2.21 bits per heavy atom. The van der Waals surface area contributed by atoms with Gasteiger partial charge in [-0.2, -0.15) is 0 Å². The number of rotatable bonds is 3. The van der Waals surface area contributed by atoms with Gasteiger partial charge in [0.2, 0.25) is 0 Å². The predicted molar refractivity (Wildman–Crippen MR) is 78.7 cm³/mol. The molecule has 2 unspecified atom stereocenters. The van der Waals surface area contributed by atoms with Crippen LogP contribution in [0.4, 0.5) is 5.82 Å². The number of pyridine rings is 1. The molecule has 1 heterocycles. The minimum Gasteiger partial charge on any atom is -0.390 e. The molecule has 1 saturated carbocycles. The fourth-order valence-electron chi connectivity index (χ4n) is 3.21. The summed E-state index contributed by atoms with van der Waals surface area (Å²) in [7, 11) is 0. The van der Waals surface area contributed by atoms with Crippen molar-refractivity contribution in [3.8, 4) is 0 Å². The van der Waals surface area contributed by atoms with E-state index in [1.54, 1.807) is 6.20 Å². The Hall–Kier alpha value is -1.09. The van der Waals surface area contributed by atoms with Crippen LogP contribution in [0.5, 0.6) is 0 Å². The third-order valence-electron chi connectivity index (χ3n) is 4.59. The lowest BCUT2D eigenvalue weighted by Crippen LogP contribution is -2.31. The van der Waals surface area contributed by atoms with Gasteiger partial charge in [0.1, 0.15) is 5.82 Å². The zero-order valence-electron chi connectivity index (χ0n) is 12.1. The van der Waals surface area contributed by atoms with Crippen molar-refractivity contribution in [3.63, 3.8) is 0 Å². The van der Waals surface area contributed by atoms with E-state index in [9.17, 15) is 5.11 Å². The van der Waals surface area contributed by atoms with Gasteiger partial charge in [0.15, 0.2) is 0 Å². The first kappa shape index (κ1) is 14.3. The van der Waals surface area contributed by atoms with E-state index in [-0.39, 0.29) is 0 Å². The van der Waals surface area contributed by atoms with Crippen molar-refractivity contribution >= 4 is 5.82 Å². The van der Waals surface area contributed by atoms with E-state index in [1.165, 1.54) is 6.42 Å². The molecule has 1 fully saturated rings. The Morgan fingerprint density at radius 3 is 2.89 bits per heavy atom. The van der Waals surface area contributed by atoms with Crippen LogP contribution in [0.1, 0.15) is 51.5 Å². The second kappa shape index (κ2) is 5.91. The fourth-order valence-corrected chi connectivity index (χ4v) is 3.21. The topological polar surface area (TPSA) is 59.1 Å². The maximum absolute atomic E-state index is 10.8. The molecule has 1 aliphatic rings. The van der Waals surface area contributed by atoms with Gasteiger partial charge in [0.05, 0.1) is 5.60 Å². The molecule has 0 radical (unpaired) electrons. The van der Waals surface area contributed by atoms with Crippen LogP contribution in [0.15, 0.2) is 18.3 Å². The molecular formula is C16H26N2O. The number of aromatic nitrogens is 1. The van der Waals surface area contributed by atoms with Crippen molar-refractivity contribution in [1.29, 1.82) is 0 Å². The first-order valence-electron chi connectivity index (χ1n) is 7.42. The monoisotopic (exact) mass is 262 g/mol. The highest BCUT2D eigenvalue weighted by Gasteiger charge is 2.32. The van der Waals surface area contributed by atoms with Crippen molar-refractivity contribution in [1.82, 2.24) is 4.98 Å². The first-order valence-corrected chi connectivity index (χ1v) is 7.42. The normalized spacial score (nSPS) is 28.3. The molecule has 3 N–H and O–H groups in total. The second-order valence-corrected chi connectivity index (χ2v) is 6.38. The van der Waals surface area contributed by atoms with Gasteiger partial charge in [-0.05, 0) is 42.7 Å². The summed E-state index contributed by atoms with van der Waals surface area (Å²) in [5.74, 6) is 2.02. The van der Waals surface area contributed by atoms with Crippen LogP contribution < -0.4 is 5.73 Å². The third kappa shape index (κ3) is 3.69. The van der Waals surface area contributed by atoms with E-state index in [4.69, 9.17) is 5.73 Å². The highest BCUT2D eigenvalue weighted by atomic mass is 16.3. The highest BCUT2D eigenvalue weighted by molar-refractivity contribution is 5.39. The van der Waals surface area contributed by atoms with Crippen LogP contribution in [-0.4, -0.2) is 15.7 Å². The van der Waals surface area contributed by atoms with Crippen LogP contribution in [-0.2, 0) is 6.42 Å². The van der Waals surface area contributed by atoms with Gasteiger partial charge in [0, 0.05) is 12.6 Å². The number of nitrogens with two attached hydrogens (primary N) is 1. The lowest BCUT2D eigenvalue weighted by molar-refractivity contribution is 0.0237. The summed E-state index contributed by atoms with van der Waals surface area (Å²) in [6, 6.07) is 3.87. The SMILES string of the molecule is CC(C)C1CCCC(O)(Cc2cccnc2N)CC1. The summed E-state index contributed by atoms with van der Waals surface area (Å²) in [5, 5.41) is 10.8. The molecular weight excluding hydrogens is 236 g/mol. The molecule has 19 heavy (non-hydrogen) atoms. The van der Waals surface area contributed by atoms with Crippen LogP contribution in [0.25, 0.3) is 0 Å². The summed E-state index contributed by atoms with van der Waals surface area (Å²) < 4.78 is 0. The summed E-state index contributed by atoms with van der Waals surface area (Å²) in [6.45, 7) is 4.57. The van der Waals surface area contributed by atoms with E-state index in [2.05, 4.69) is 18.8 Å². The van der Waals surface area contributed by atoms with Crippen LogP contribution >= 0.6 is 0 Å². The Morgan fingerprint density at radius 1 is 1.42 bits per heavy atom. The zero-order valence-corrected chi connectivity index (χ0v) is 12.1. The molecule has 0 amide bonds. The Labute approximate surface area is 116 Å². The largest absolute Gasteiger partial charge is 0.390 e. The fraction of sp³-hybridized carbons (Fsp3) is 0.688. The molecule has 1 aromatic rings. The number of anilines is 1. The quantitative estimate of drug-likeness (QED) is 0.823. The van der Waals surface area contributed by atoms with E-state index in [0.717, 1.165) is 37.2 Å². The lowest BCUT2D eigenvalue weighted by Gasteiger charge is -2.27. The van der Waals surface area contributed by atoms with Crippen molar-refractivity contribution in [2.45, 2.75) is 58.0 Å². The molecule has 0 bridgehead atoms. The van der Waals surface area contributed by atoms with Crippen LogP contribution in [0.2, 0.25) is 0 Å². The van der Waals surface area contributed by atoms with E-state index >= 15 is 0 Å². The Kier molecular flexibility index (Phi) is 4.46. The van der Waals surface area contributed by atoms with Gasteiger partial charge >= 0.3 is 0 Å². The molecule has 3 nitrogen and oxygen atoms in total. The molecule has 0 aliphatic heterocycles. The van der Waals surface area contributed by atoms with Crippen molar-refractivity contribution in [2.24, 2.45) is 11.8 Å². The maximum atomic E-state index is 10.8. The van der Waals surface area contributed by atoms with Crippen molar-refractivity contribution in [3.05, 3.63) is 23.9 Å². The van der Waals surface area contributed by atoms with E-state index in [0.29, 0.717) is 18.2 Å². The lowest BCUT2D eigenvalue weighted by atomic mass is 9.85. The molecule has 1 aromatic heterocycles. The average molecular weight is 262 g/mol. The summed E-state index contributed by atoms with van der Waals surface area (Å²) >= 11 is 0. The van der Waals surface area contributed by atoms with Crippen LogP contribution in [0, 0.1) is 11.8 Å². The number of hydrogen-bond acceptors (Lipinski definition) is 3. The molecule has 0 saturated heterocycles. The predicted octanol–water partition coefficient (Wildman–Crippen LogP) is 3.17. The van der Waals surface area contributed by atoms with Gasteiger partial charge in [-0.15, -0.1) is 0 Å². The van der Waals surface area contributed by atoms with Gasteiger partial charge in [-0.3, -0.25) is 0 Å². The molecule has 2 atom stereocenters. The van der Waals surface area contributed by atoms with Crippen molar-refractivity contribution in [2.75, 3.05) is 5.73 Å². The molecule has 2 rings (SSSR count). The minimum absolute atomic E-state index is 0.556. The third-order valence-corrected chi connectivity index (χ3v) is 4.59. The second-order valence-electron chi connectivity index (χ2n) is 6.38. The van der Waals surface area contributed by atoms with Gasteiger partial charge in [-0.1, -0.05) is 32.8 Å². The number of nitrogen functional groups attached to an aromatic ring is 1. The number of aliphatic hydroxyl groups is 1. The van der Waals surface area contributed by atoms with Gasteiger partial charge in [0.25, 0.3) is 0 Å². The van der Waals surface area contributed by atoms with Crippen molar-refractivity contribution < 1.29 is 5.11 Å². The summed E-state index contributed by atoms with van der Waals surface area (Å²) in [5.41, 5.74) is 6.27. The molecule has 0 spiro atoms. The average Bonchev–Trinajstić information content (AvgIpc) is 2.55. The number of nitrogens with zero attached hydrogens (tertiary/aromatic N) is 1. The standard InChI is InChI=1S/C16H26N2O/c1-12(2)13-5-3-8-16(19,9-7-13)11-14-6-4-10-18-15(14)17/h4,6,10,12-13,19H,3,5,7-9,11H2,1-2H3,(H2,17,18). The molecule has 106 valence electrons. The Bertz CT molecular complexity index is 419. The highest BCUT2D eigenvalue weighted by Crippen LogP contribution is 2.36. The molecule has 1 aliphatic carbocycles. The molecule has 3 heteroatoms. The van der Waals surface area contributed by atoms with E-state index in [1.807, 2.05) is 12.1 Å². The zero-order chi connectivity index (χ0) is 13.9. The smallest absolute Gasteiger partial charge is 0.126 e. The van der Waals surface area contributed by atoms with Gasteiger partial charge < -0.3 is 10.8 Å². The van der Waals surface area contributed by atoms with Gasteiger partial charge in [-0.25, -0.2) is 4.98 Å². The molecule has 0 aromatic carbocycles. The summed E-state index contributed by atoms with van der Waals surface area (Å²) in [6.07, 6.45) is 7.56. The van der Waals surface area contributed by atoms with Crippen LogP contribution in [0.3, 0.4) is 0 Å². The first-order chi connectivity index (χ1) is 9.00. The maximum Gasteiger partial charge on any atom is 0.126 e. The van der Waals surface area contributed by atoms with E-state index < -0.39 is 5.60 Å². The summed E-state index contributed by atoms with van der Waals surface area (Å²) in [4.78, 5) is 4.11. The Balaban J connectivity index is 2.05. The number of hydrogen-bond donors (Lipinski definition) is 2. The minimum atomic E-state index is -0.596.